The van der Waals surface area contributed by atoms with Crippen molar-refractivity contribution < 1.29 is 15.0 Å². The predicted molar refractivity (Wildman–Crippen MR) is 103 cm³/mol. The molecule has 144 valence electrons. The van der Waals surface area contributed by atoms with Crippen molar-refractivity contribution in [2.24, 2.45) is 23.2 Å². The number of carbonyl (C=O) groups is 1. The fraction of sp³-hybridized carbons (Fsp3) is 0.783. The molecule has 0 saturated heterocycles. The molecule has 4 rings (SSSR count). The van der Waals surface area contributed by atoms with Gasteiger partial charge in [-0.05, 0) is 91.8 Å². The molecule has 0 amide bonds. The molecule has 0 aliphatic heterocycles. The zero-order valence-corrected chi connectivity index (χ0v) is 16.2. The summed E-state index contributed by atoms with van der Waals surface area (Å²) in [5, 5.41) is 19.9. The maximum atomic E-state index is 11.9. The Kier molecular flexibility index (Phi) is 5.13. The van der Waals surface area contributed by atoms with E-state index in [1.54, 1.807) is 5.57 Å². The van der Waals surface area contributed by atoms with E-state index in [4.69, 9.17) is 5.11 Å². The molecule has 2 fully saturated rings. The molecular formula is C23H34O3. The summed E-state index contributed by atoms with van der Waals surface area (Å²) >= 11 is 0. The van der Waals surface area contributed by atoms with E-state index in [2.05, 4.69) is 6.92 Å². The quantitative estimate of drug-likeness (QED) is 0.719. The number of allylic oxidation sites excluding steroid dienone is 4. The van der Waals surface area contributed by atoms with Crippen molar-refractivity contribution in [3.63, 3.8) is 0 Å². The molecule has 26 heavy (non-hydrogen) atoms. The molecule has 0 unspecified atom stereocenters. The molecule has 0 bridgehead atoms. The van der Waals surface area contributed by atoms with Gasteiger partial charge in [-0.3, -0.25) is 4.79 Å². The zero-order chi connectivity index (χ0) is 18.3. The number of hydrogen-bond donors (Lipinski definition) is 2. The molecule has 0 heterocycles. The summed E-state index contributed by atoms with van der Waals surface area (Å²) in [4.78, 5) is 11.9. The average Bonchev–Trinajstić information content (AvgIpc) is 2.93. The summed E-state index contributed by atoms with van der Waals surface area (Å²) in [6, 6.07) is 0. The van der Waals surface area contributed by atoms with Crippen LogP contribution in [0.15, 0.2) is 22.8 Å². The van der Waals surface area contributed by atoms with Gasteiger partial charge in [0.15, 0.2) is 5.78 Å². The number of rotatable bonds is 5. The fourth-order valence-corrected chi connectivity index (χ4v) is 6.74. The van der Waals surface area contributed by atoms with Crippen LogP contribution in [-0.2, 0) is 4.79 Å². The largest absolute Gasteiger partial charge is 0.396 e. The predicted octanol–water partition coefficient (Wildman–Crippen LogP) is 4.33. The Labute approximate surface area is 157 Å². The first-order chi connectivity index (χ1) is 12.5. The van der Waals surface area contributed by atoms with Crippen LogP contribution in [0.4, 0.5) is 0 Å². The zero-order valence-electron chi connectivity index (χ0n) is 16.2. The van der Waals surface area contributed by atoms with Crippen LogP contribution in [-0.4, -0.2) is 28.7 Å². The van der Waals surface area contributed by atoms with E-state index >= 15 is 0 Å². The molecular weight excluding hydrogens is 324 g/mol. The first-order valence-corrected chi connectivity index (χ1v) is 10.8. The van der Waals surface area contributed by atoms with Gasteiger partial charge >= 0.3 is 0 Å². The second-order valence-corrected chi connectivity index (χ2v) is 9.39. The number of fused-ring (bicyclic) bond motifs is 4. The number of unbranched alkanes of at least 4 members (excludes halogenated alkanes) is 2. The topological polar surface area (TPSA) is 57.5 Å². The third-order valence-electron chi connectivity index (χ3n) is 8.00. The minimum Gasteiger partial charge on any atom is -0.396 e. The molecule has 0 aromatic rings. The minimum atomic E-state index is -0.149. The van der Waals surface area contributed by atoms with Gasteiger partial charge in [-0.15, -0.1) is 0 Å². The van der Waals surface area contributed by atoms with Crippen LogP contribution in [0.3, 0.4) is 0 Å². The van der Waals surface area contributed by atoms with E-state index in [1.807, 2.05) is 6.08 Å². The summed E-state index contributed by atoms with van der Waals surface area (Å²) in [6.07, 6.45) is 13.1. The molecule has 3 heteroatoms. The maximum Gasteiger partial charge on any atom is 0.156 e. The molecule has 0 aromatic heterocycles. The highest BCUT2D eigenvalue weighted by Crippen LogP contribution is 2.62. The summed E-state index contributed by atoms with van der Waals surface area (Å²) in [5.41, 5.74) is 4.60. The Bertz CT molecular complexity index is 631. The van der Waals surface area contributed by atoms with Gasteiger partial charge in [0.25, 0.3) is 0 Å². The lowest BCUT2D eigenvalue weighted by atomic mass is 9.53. The van der Waals surface area contributed by atoms with Crippen LogP contribution >= 0.6 is 0 Å². The van der Waals surface area contributed by atoms with Crippen LogP contribution < -0.4 is 0 Å². The van der Waals surface area contributed by atoms with E-state index in [-0.39, 0.29) is 18.1 Å². The Balaban J connectivity index is 1.68. The van der Waals surface area contributed by atoms with Crippen molar-refractivity contribution in [1.29, 1.82) is 0 Å². The van der Waals surface area contributed by atoms with E-state index in [9.17, 15) is 9.90 Å². The van der Waals surface area contributed by atoms with Crippen LogP contribution in [0, 0.1) is 23.2 Å². The van der Waals surface area contributed by atoms with Crippen LogP contribution in [0.2, 0.25) is 0 Å². The second-order valence-electron chi connectivity index (χ2n) is 9.39. The number of aliphatic hydroxyl groups excluding tert-OH is 2. The smallest absolute Gasteiger partial charge is 0.156 e. The highest BCUT2D eigenvalue weighted by Gasteiger charge is 2.55. The minimum absolute atomic E-state index is 0.0715. The van der Waals surface area contributed by atoms with Crippen LogP contribution in [0.25, 0.3) is 0 Å². The van der Waals surface area contributed by atoms with Gasteiger partial charge < -0.3 is 10.2 Å². The van der Waals surface area contributed by atoms with Gasteiger partial charge in [0.1, 0.15) is 0 Å². The molecule has 0 aromatic carbocycles. The fourth-order valence-electron chi connectivity index (χ4n) is 6.74. The van der Waals surface area contributed by atoms with Crippen molar-refractivity contribution in [2.45, 2.75) is 83.7 Å². The normalized spacial score (nSPS) is 39.3. The lowest BCUT2D eigenvalue weighted by Crippen LogP contribution is -2.45. The second kappa shape index (κ2) is 7.24. The number of carbonyl (C=O) groups excluding carboxylic acids is 1. The first-order valence-electron chi connectivity index (χ1n) is 10.8. The number of ketones is 1. The van der Waals surface area contributed by atoms with Gasteiger partial charge in [0.05, 0.1) is 6.10 Å². The SMILES string of the molecule is C[C@]12C[C@H](CCCCCO)C3=C4CCC(=O)C=C4CC[C@H]3[C@@H]1CC[C@@H]2O. The van der Waals surface area contributed by atoms with Gasteiger partial charge in [-0.1, -0.05) is 25.3 Å². The highest BCUT2D eigenvalue weighted by atomic mass is 16.3. The summed E-state index contributed by atoms with van der Waals surface area (Å²) < 4.78 is 0. The maximum absolute atomic E-state index is 11.9. The molecule has 4 aliphatic carbocycles. The van der Waals surface area contributed by atoms with Crippen LogP contribution in [0.5, 0.6) is 0 Å². The van der Waals surface area contributed by atoms with Crippen molar-refractivity contribution in [2.75, 3.05) is 6.61 Å². The van der Waals surface area contributed by atoms with Gasteiger partial charge in [0.2, 0.25) is 0 Å². The Hall–Kier alpha value is -0.930. The molecule has 0 spiro atoms. The van der Waals surface area contributed by atoms with Crippen molar-refractivity contribution >= 4 is 5.78 Å². The Morgan fingerprint density at radius 1 is 1.12 bits per heavy atom. The third-order valence-corrected chi connectivity index (χ3v) is 8.00. The number of hydrogen-bond acceptors (Lipinski definition) is 3. The van der Waals surface area contributed by atoms with Gasteiger partial charge in [-0.2, -0.15) is 0 Å². The third kappa shape index (κ3) is 3.01. The van der Waals surface area contributed by atoms with E-state index < -0.39 is 0 Å². The van der Waals surface area contributed by atoms with Crippen molar-refractivity contribution in [3.8, 4) is 0 Å². The van der Waals surface area contributed by atoms with Crippen LogP contribution in [0.1, 0.15) is 77.6 Å². The van der Waals surface area contributed by atoms with Gasteiger partial charge in [0, 0.05) is 13.0 Å². The van der Waals surface area contributed by atoms with Gasteiger partial charge in [-0.25, -0.2) is 0 Å². The lowest BCUT2D eigenvalue weighted by molar-refractivity contribution is -0.114. The van der Waals surface area contributed by atoms with Crippen molar-refractivity contribution in [1.82, 2.24) is 0 Å². The van der Waals surface area contributed by atoms with Crippen molar-refractivity contribution in [3.05, 3.63) is 22.8 Å². The summed E-state index contributed by atoms with van der Waals surface area (Å²) in [6.45, 7) is 2.63. The molecule has 5 atom stereocenters. The molecule has 0 radical (unpaired) electrons. The molecule has 2 N–H and O–H groups in total. The number of aliphatic hydroxyl groups is 2. The van der Waals surface area contributed by atoms with E-state index in [0.29, 0.717) is 30.0 Å². The lowest BCUT2D eigenvalue weighted by Gasteiger charge is -2.52. The molecule has 3 nitrogen and oxygen atoms in total. The van der Waals surface area contributed by atoms with E-state index in [1.165, 1.54) is 17.6 Å². The summed E-state index contributed by atoms with van der Waals surface area (Å²) in [5.74, 6) is 2.10. The monoisotopic (exact) mass is 358 g/mol. The first kappa shape index (κ1) is 18.4. The Morgan fingerprint density at radius 2 is 1.96 bits per heavy atom. The molecule has 2 saturated carbocycles. The standard InChI is InChI=1S/C23H34O3/c1-23-14-16(5-3-2-4-12-24)22-18-9-7-17(25)13-15(18)6-8-19(22)20(23)10-11-21(23)26/h13,16,19-21,24,26H,2-12,14H2,1H3/t16-,19-,20-,21-,23-/m0/s1. The average molecular weight is 359 g/mol. The molecule has 4 aliphatic rings. The summed E-state index contributed by atoms with van der Waals surface area (Å²) in [7, 11) is 0. The highest BCUT2D eigenvalue weighted by molar-refractivity contribution is 5.93. The van der Waals surface area contributed by atoms with E-state index in [0.717, 1.165) is 57.8 Å². The Morgan fingerprint density at radius 3 is 2.77 bits per heavy atom.